The Labute approximate surface area is 128 Å². The third-order valence-corrected chi connectivity index (χ3v) is 3.23. The van der Waals surface area contributed by atoms with Crippen molar-refractivity contribution in [3.05, 3.63) is 58.2 Å². The van der Waals surface area contributed by atoms with Gasteiger partial charge in [0, 0.05) is 10.6 Å². The Bertz CT molecular complexity index is 732. The molecule has 4 nitrogen and oxygen atoms in total. The maximum atomic E-state index is 12.2. The molecule has 0 bridgehead atoms. The number of hydrogen-bond acceptors (Lipinski definition) is 3. The van der Waals surface area contributed by atoms with E-state index in [-0.39, 0.29) is 12.5 Å². The number of rotatable bonds is 2. The van der Waals surface area contributed by atoms with Gasteiger partial charge in [0.05, 0.1) is 6.54 Å². The minimum atomic E-state index is -0.258. The number of hydrogen-bond donors (Lipinski definition) is 2. The third-order valence-electron chi connectivity index (χ3n) is 2.82. The Kier molecular flexibility index (Phi) is 4.94. The van der Waals surface area contributed by atoms with Crippen LogP contribution in [0.1, 0.15) is 21.6 Å². The summed E-state index contributed by atoms with van der Waals surface area (Å²) in [6.45, 7) is 2.06. The lowest BCUT2D eigenvalue weighted by molar-refractivity contribution is 0.102. The lowest BCUT2D eigenvalue weighted by Crippen LogP contribution is -2.14. The van der Waals surface area contributed by atoms with Crippen LogP contribution < -0.4 is 11.1 Å². The minimum absolute atomic E-state index is 0.258. The summed E-state index contributed by atoms with van der Waals surface area (Å²) in [6.07, 6.45) is 0. The first-order chi connectivity index (χ1) is 10.1. The molecular weight excluding hydrogens is 286 g/mol. The Hall–Kier alpha value is -2.35. The number of nitrogens with two attached hydrogens (primary N) is 1. The Morgan fingerprint density at radius 1 is 1.33 bits per heavy atom. The number of pyridine rings is 1. The van der Waals surface area contributed by atoms with Crippen LogP contribution in [0.3, 0.4) is 0 Å². The summed E-state index contributed by atoms with van der Waals surface area (Å²) in [6, 6.07) is 10.4. The number of benzene rings is 1. The van der Waals surface area contributed by atoms with Crippen molar-refractivity contribution < 1.29 is 4.79 Å². The molecule has 1 aromatic carbocycles. The van der Waals surface area contributed by atoms with E-state index >= 15 is 0 Å². The Morgan fingerprint density at radius 2 is 2.10 bits per heavy atom. The van der Waals surface area contributed by atoms with Crippen LogP contribution in [-0.4, -0.2) is 17.4 Å². The van der Waals surface area contributed by atoms with Crippen LogP contribution in [-0.2, 0) is 0 Å². The molecule has 106 valence electrons. The summed E-state index contributed by atoms with van der Waals surface area (Å²) >= 11 is 6.02. The van der Waals surface area contributed by atoms with E-state index in [0.717, 1.165) is 5.56 Å². The molecule has 5 heteroatoms. The summed E-state index contributed by atoms with van der Waals surface area (Å²) in [5.74, 6) is 5.71. The van der Waals surface area contributed by atoms with Crippen LogP contribution in [0.15, 0.2) is 36.4 Å². The second-order valence-electron chi connectivity index (χ2n) is 4.28. The summed E-state index contributed by atoms with van der Waals surface area (Å²) in [5, 5.41) is 3.29. The Balaban J connectivity index is 2.22. The van der Waals surface area contributed by atoms with Gasteiger partial charge in [-0.15, -0.1) is 0 Å². The Morgan fingerprint density at radius 3 is 2.86 bits per heavy atom. The fourth-order valence-electron chi connectivity index (χ4n) is 1.75. The van der Waals surface area contributed by atoms with Crippen molar-refractivity contribution >= 4 is 23.3 Å². The summed E-state index contributed by atoms with van der Waals surface area (Å²) in [5.41, 5.74) is 7.12. The number of anilines is 1. The van der Waals surface area contributed by atoms with E-state index < -0.39 is 0 Å². The molecule has 0 radical (unpaired) electrons. The largest absolute Gasteiger partial charge is 0.320 e. The molecule has 21 heavy (non-hydrogen) atoms. The van der Waals surface area contributed by atoms with Crippen LogP contribution >= 0.6 is 11.6 Å². The van der Waals surface area contributed by atoms with Crippen LogP contribution in [0.25, 0.3) is 0 Å². The van der Waals surface area contributed by atoms with Crippen molar-refractivity contribution in [2.24, 2.45) is 5.73 Å². The molecule has 3 N–H and O–H groups in total. The highest BCUT2D eigenvalue weighted by atomic mass is 35.5. The van der Waals surface area contributed by atoms with Crippen LogP contribution in [0.2, 0.25) is 5.02 Å². The topological polar surface area (TPSA) is 68.0 Å². The molecule has 1 aromatic heterocycles. The predicted octanol–water partition coefficient (Wildman–Crippen LogP) is 2.61. The number of carbonyl (C=O) groups is 1. The summed E-state index contributed by atoms with van der Waals surface area (Å²) in [7, 11) is 0. The molecule has 0 atom stereocenters. The average molecular weight is 300 g/mol. The van der Waals surface area contributed by atoms with E-state index in [2.05, 4.69) is 22.1 Å². The molecule has 1 heterocycles. The zero-order valence-corrected chi connectivity index (χ0v) is 12.2. The van der Waals surface area contributed by atoms with E-state index in [1.165, 1.54) is 0 Å². The molecule has 0 unspecified atom stereocenters. The van der Waals surface area contributed by atoms with E-state index in [0.29, 0.717) is 22.1 Å². The van der Waals surface area contributed by atoms with Crippen molar-refractivity contribution in [1.29, 1.82) is 0 Å². The third kappa shape index (κ3) is 3.82. The summed E-state index contributed by atoms with van der Waals surface area (Å²) in [4.78, 5) is 16.5. The zero-order valence-electron chi connectivity index (χ0n) is 11.5. The van der Waals surface area contributed by atoms with Gasteiger partial charge in [-0.2, -0.15) is 0 Å². The number of carbonyl (C=O) groups excluding carboxylic acids is 1. The van der Waals surface area contributed by atoms with Crippen molar-refractivity contribution in [3.8, 4) is 11.8 Å². The van der Waals surface area contributed by atoms with Gasteiger partial charge in [-0.3, -0.25) is 4.79 Å². The molecule has 0 aliphatic heterocycles. The van der Waals surface area contributed by atoms with Gasteiger partial charge in [0.25, 0.3) is 5.91 Å². The summed E-state index contributed by atoms with van der Waals surface area (Å²) < 4.78 is 0. The quantitative estimate of drug-likeness (QED) is 0.838. The first-order valence-corrected chi connectivity index (χ1v) is 6.72. The monoisotopic (exact) mass is 299 g/mol. The van der Waals surface area contributed by atoms with Gasteiger partial charge in [0.2, 0.25) is 0 Å². The van der Waals surface area contributed by atoms with Gasteiger partial charge in [0.15, 0.2) is 0 Å². The van der Waals surface area contributed by atoms with E-state index in [1.54, 1.807) is 43.3 Å². The molecular formula is C16H14ClN3O. The SMILES string of the molecule is Cc1c(Cl)cccc1C(=O)Nc1cccc(C#CCN)n1. The minimum Gasteiger partial charge on any atom is -0.320 e. The van der Waals surface area contributed by atoms with Crippen molar-refractivity contribution in [2.75, 3.05) is 11.9 Å². The number of aromatic nitrogens is 1. The second-order valence-corrected chi connectivity index (χ2v) is 4.69. The first kappa shape index (κ1) is 15.0. The van der Waals surface area contributed by atoms with Gasteiger partial charge in [-0.05, 0) is 42.7 Å². The molecule has 1 amide bonds. The number of nitrogens with zero attached hydrogens (tertiary/aromatic N) is 1. The standard InChI is InChI=1S/C16H14ClN3O/c1-11-13(7-3-8-14(11)17)16(21)20-15-9-2-5-12(19-15)6-4-10-18/h2-3,5,7-9H,10,18H2,1H3,(H,19,20,21). The zero-order chi connectivity index (χ0) is 15.2. The van der Waals surface area contributed by atoms with Crippen LogP contribution in [0, 0.1) is 18.8 Å². The smallest absolute Gasteiger partial charge is 0.257 e. The van der Waals surface area contributed by atoms with Crippen molar-refractivity contribution in [3.63, 3.8) is 0 Å². The van der Waals surface area contributed by atoms with E-state index in [4.69, 9.17) is 17.3 Å². The highest BCUT2D eigenvalue weighted by Gasteiger charge is 2.11. The number of amides is 1. The molecule has 0 spiro atoms. The lowest BCUT2D eigenvalue weighted by Gasteiger charge is -2.08. The number of nitrogens with one attached hydrogen (secondary N) is 1. The fraction of sp³-hybridized carbons (Fsp3) is 0.125. The fourth-order valence-corrected chi connectivity index (χ4v) is 1.93. The first-order valence-electron chi connectivity index (χ1n) is 6.34. The average Bonchev–Trinajstić information content (AvgIpc) is 2.48. The molecule has 0 aliphatic carbocycles. The van der Waals surface area contributed by atoms with Crippen LogP contribution in [0.5, 0.6) is 0 Å². The van der Waals surface area contributed by atoms with E-state index in [1.807, 2.05) is 0 Å². The highest BCUT2D eigenvalue weighted by molar-refractivity contribution is 6.32. The van der Waals surface area contributed by atoms with Gasteiger partial charge in [0.1, 0.15) is 11.5 Å². The predicted molar refractivity (Wildman–Crippen MR) is 84.3 cm³/mol. The van der Waals surface area contributed by atoms with Gasteiger partial charge in [-0.25, -0.2) is 4.98 Å². The molecule has 0 saturated carbocycles. The molecule has 0 fully saturated rings. The highest BCUT2D eigenvalue weighted by Crippen LogP contribution is 2.19. The molecule has 2 aromatic rings. The number of halogens is 1. The molecule has 0 saturated heterocycles. The van der Waals surface area contributed by atoms with Crippen molar-refractivity contribution in [1.82, 2.24) is 4.98 Å². The van der Waals surface area contributed by atoms with Gasteiger partial charge >= 0.3 is 0 Å². The van der Waals surface area contributed by atoms with Gasteiger partial charge in [-0.1, -0.05) is 29.7 Å². The molecule has 0 aliphatic rings. The normalized spacial score (nSPS) is 9.67. The van der Waals surface area contributed by atoms with E-state index in [9.17, 15) is 4.79 Å². The van der Waals surface area contributed by atoms with Crippen LogP contribution in [0.4, 0.5) is 5.82 Å². The maximum Gasteiger partial charge on any atom is 0.257 e. The maximum absolute atomic E-state index is 12.2. The van der Waals surface area contributed by atoms with Crippen molar-refractivity contribution in [2.45, 2.75) is 6.92 Å². The lowest BCUT2D eigenvalue weighted by atomic mass is 10.1. The van der Waals surface area contributed by atoms with Gasteiger partial charge < -0.3 is 11.1 Å². The molecule has 2 rings (SSSR count). The second kappa shape index (κ2) is 6.89.